The zero-order valence-electron chi connectivity index (χ0n) is 20.2. The Morgan fingerprint density at radius 3 is 2.46 bits per heavy atom. The lowest BCUT2D eigenvalue weighted by Gasteiger charge is -2.43. The zero-order valence-corrected chi connectivity index (χ0v) is 21.0. The Bertz CT molecular complexity index is 1080. The number of benzene rings is 2. The Balaban J connectivity index is 1.90. The molecule has 2 aromatic rings. The second-order valence-corrected chi connectivity index (χ2v) is 9.41. The standard InChI is InChI=1S/C25H31ClN4O5/c1-15(2)11-18-7-10-20(13-21(18)35-4)27-23-28-24(33)30(16(3)12-22(31)32)25(34)29(23)14-17-5-8-19(26)9-6-17/h5-10,13,15-16,23,27H,11-12,14H2,1-4H3,(H,28,33)(H,31,32)/t16-,23?/m0/s1. The van der Waals surface area contributed by atoms with Gasteiger partial charge in [-0.15, -0.1) is 0 Å². The van der Waals surface area contributed by atoms with E-state index in [1.54, 1.807) is 31.4 Å². The van der Waals surface area contributed by atoms with Crippen molar-refractivity contribution in [3.05, 3.63) is 58.6 Å². The Morgan fingerprint density at radius 2 is 1.86 bits per heavy atom. The SMILES string of the molecule is COc1cc(NC2NC(=O)N([C@@H](C)CC(=O)O)C(=O)N2Cc2ccc(Cl)cc2)ccc1CC(C)C. The Kier molecular flexibility index (Phi) is 8.45. The van der Waals surface area contributed by atoms with Crippen molar-refractivity contribution in [1.29, 1.82) is 0 Å². The maximum absolute atomic E-state index is 13.4. The van der Waals surface area contributed by atoms with E-state index in [9.17, 15) is 14.4 Å². The van der Waals surface area contributed by atoms with Gasteiger partial charge in [0.1, 0.15) is 5.75 Å². The van der Waals surface area contributed by atoms with Crippen LogP contribution in [0.4, 0.5) is 15.3 Å². The molecular formula is C25H31ClN4O5. The van der Waals surface area contributed by atoms with E-state index in [-0.39, 0.29) is 13.0 Å². The van der Waals surface area contributed by atoms with Crippen LogP contribution in [0.15, 0.2) is 42.5 Å². The summed E-state index contributed by atoms with van der Waals surface area (Å²) in [6, 6.07) is 10.6. The predicted octanol–water partition coefficient (Wildman–Crippen LogP) is 4.75. The van der Waals surface area contributed by atoms with Crippen molar-refractivity contribution < 1.29 is 24.2 Å². The molecule has 35 heavy (non-hydrogen) atoms. The van der Waals surface area contributed by atoms with Crippen LogP contribution < -0.4 is 15.4 Å². The first-order chi connectivity index (χ1) is 16.6. The fourth-order valence-electron chi connectivity index (χ4n) is 3.99. The van der Waals surface area contributed by atoms with Crippen molar-refractivity contribution in [2.75, 3.05) is 12.4 Å². The van der Waals surface area contributed by atoms with Gasteiger partial charge in [0, 0.05) is 16.8 Å². The number of ether oxygens (including phenoxy) is 1. The van der Waals surface area contributed by atoms with Gasteiger partial charge in [0.05, 0.1) is 26.1 Å². The van der Waals surface area contributed by atoms with Gasteiger partial charge in [-0.2, -0.15) is 0 Å². The van der Waals surface area contributed by atoms with Crippen LogP contribution in [0.5, 0.6) is 5.75 Å². The van der Waals surface area contributed by atoms with Crippen molar-refractivity contribution in [3.63, 3.8) is 0 Å². The molecule has 3 rings (SSSR count). The molecule has 9 nitrogen and oxygen atoms in total. The van der Waals surface area contributed by atoms with Crippen molar-refractivity contribution in [3.8, 4) is 5.75 Å². The summed E-state index contributed by atoms with van der Waals surface area (Å²) in [5, 5.41) is 15.7. The quantitative estimate of drug-likeness (QED) is 0.432. The fourth-order valence-corrected chi connectivity index (χ4v) is 4.12. The van der Waals surface area contributed by atoms with Crippen LogP contribution in [0.1, 0.15) is 38.3 Å². The van der Waals surface area contributed by atoms with Crippen molar-refractivity contribution in [2.45, 2.75) is 52.5 Å². The van der Waals surface area contributed by atoms with E-state index in [1.807, 2.05) is 18.2 Å². The highest BCUT2D eigenvalue weighted by Crippen LogP contribution is 2.27. The van der Waals surface area contributed by atoms with E-state index in [0.29, 0.717) is 22.4 Å². The minimum atomic E-state index is -1.10. The van der Waals surface area contributed by atoms with Crippen molar-refractivity contribution >= 4 is 35.3 Å². The molecule has 1 saturated heterocycles. The maximum Gasteiger partial charge on any atom is 0.331 e. The number of carboxylic acid groups (broad SMARTS) is 1. The molecule has 2 aromatic carbocycles. The number of carbonyl (C=O) groups excluding carboxylic acids is 2. The van der Waals surface area contributed by atoms with Crippen LogP contribution >= 0.6 is 11.6 Å². The largest absolute Gasteiger partial charge is 0.496 e. The molecule has 1 aliphatic rings. The van der Waals surface area contributed by atoms with Crippen LogP contribution in [0.2, 0.25) is 5.02 Å². The fraction of sp³-hybridized carbons (Fsp3) is 0.400. The molecule has 3 N–H and O–H groups in total. The Morgan fingerprint density at radius 1 is 1.17 bits per heavy atom. The number of carboxylic acids is 1. The molecule has 0 spiro atoms. The van der Waals surface area contributed by atoms with Gasteiger partial charge in [-0.1, -0.05) is 43.6 Å². The predicted molar refractivity (Wildman–Crippen MR) is 133 cm³/mol. The number of rotatable bonds is 10. The number of methoxy groups -OCH3 is 1. The Labute approximate surface area is 210 Å². The van der Waals surface area contributed by atoms with Crippen LogP contribution in [-0.2, 0) is 17.8 Å². The first kappa shape index (κ1) is 26.2. The average Bonchev–Trinajstić information content (AvgIpc) is 2.77. The highest BCUT2D eigenvalue weighted by Gasteiger charge is 2.41. The van der Waals surface area contributed by atoms with Crippen LogP contribution in [-0.4, -0.2) is 52.4 Å². The van der Waals surface area contributed by atoms with Gasteiger partial charge in [-0.3, -0.25) is 15.0 Å². The van der Waals surface area contributed by atoms with Crippen LogP contribution in [0.25, 0.3) is 0 Å². The third-order valence-electron chi connectivity index (χ3n) is 5.64. The van der Waals surface area contributed by atoms with Crippen molar-refractivity contribution in [1.82, 2.24) is 15.1 Å². The van der Waals surface area contributed by atoms with E-state index >= 15 is 0 Å². The monoisotopic (exact) mass is 502 g/mol. The van der Waals surface area contributed by atoms with Crippen molar-refractivity contribution in [2.24, 2.45) is 5.92 Å². The van der Waals surface area contributed by atoms with Gasteiger partial charge >= 0.3 is 18.0 Å². The smallest absolute Gasteiger partial charge is 0.331 e. The number of urea groups is 2. The number of amides is 4. The van der Waals surface area contributed by atoms with Crippen LogP contribution in [0, 0.1) is 5.92 Å². The molecule has 1 aliphatic heterocycles. The summed E-state index contributed by atoms with van der Waals surface area (Å²) in [4.78, 5) is 39.9. The number of nitrogens with zero attached hydrogens (tertiary/aromatic N) is 2. The summed E-state index contributed by atoms with van der Waals surface area (Å²) in [5.74, 6) is 0.0564. The summed E-state index contributed by atoms with van der Waals surface area (Å²) in [7, 11) is 1.60. The minimum Gasteiger partial charge on any atom is -0.496 e. The minimum absolute atomic E-state index is 0.160. The number of anilines is 1. The maximum atomic E-state index is 13.4. The molecule has 0 aliphatic carbocycles. The summed E-state index contributed by atoms with van der Waals surface area (Å²) in [6.45, 7) is 5.94. The normalized spacial score (nSPS) is 16.8. The number of nitrogens with one attached hydrogen (secondary N) is 2. The van der Waals surface area contributed by atoms with E-state index in [2.05, 4.69) is 24.5 Å². The van der Waals surface area contributed by atoms with E-state index in [0.717, 1.165) is 22.4 Å². The lowest BCUT2D eigenvalue weighted by atomic mass is 10.0. The summed E-state index contributed by atoms with van der Waals surface area (Å²) in [5.41, 5.74) is 2.51. The van der Waals surface area contributed by atoms with Crippen LogP contribution in [0.3, 0.4) is 0 Å². The molecular weight excluding hydrogens is 472 g/mol. The van der Waals surface area contributed by atoms with E-state index in [4.69, 9.17) is 21.4 Å². The number of carbonyl (C=O) groups is 3. The highest BCUT2D eigenvalue weighted by atomic mass is 35.5. The molecule has 0 radical (unpaired) electrons. The van der Waals surface area contributed by atoms with Gasteiger partial charge in [0.15, 0.2) is 6.29 Å². The van der Waals surface area contributed by atoms with E-state index in [1.165, 1.54) is 11.8 Å². The van der Waals surface area contributed by atoms with Gasteiger partial charge in [-0.05, 0) is 48.6 Å². The van der Waals surface area contributed by atoms with Gasteiger partial charge in [0.2, 0.25) is 0 Å². The van der Waals surface area contributed by atoms with Gasteiger partial charge < -0.3 is 15.2 Å². The number of imide groups is 1. The number of hydrogen-bond donors (Lipinski definition) is 3. The van der Waals surface area contributed by atoms with E-state index < -0.39 is 30.4 Å². The molecule has 2 atom stereocenters. The molecule has 1 unspecified atom stereocenters. The molecule has 0 bridgehead atoms. The van der Waals surface area contributed by atoms with Gasteiger partial charge in [-0.25, -0.2) is 14.5 Å². The first-order valence-electron chi connectivity index (χ1n) is 11.4. The summed E-state index contributed by atoms with van der Waals surface area (Å²) in [6.07, 6.45) is -0.387. The molecule has 4 amide bonds. The second-order valence-electron chi connectivity index (χ2n) is 8.97. The summed E-state index contributed by atoms with van der Waals surface area (Å²) < 4.78 is 5.55. The third-order valence-corrected chi connectivity index (χ3v) is 5.89. The lowest BCUT2D eigenvalue weighted by Crippen LogP contribution is -2.68. The summed E-state index contributed by atoms with van der Waals surface area (Å²) >= 11 is 6.00. The molecule has 10 heteroatoms. The topological polar surface area (TPSA) is 111 Å². The number of aliphatic carboxylic acids is 1. The molecule has 1 heterocycles. The third kappa shape index (κ3) is 6.57. The molecule has 0 saturated carbocycles. The average molecular weight is 503 g/mol. The molecule has 1 fully saturated rings. The molecule has 0 aromatic heterocycles. The Hall–Kier alpha value is -3.46. The number of hydrogen-bond acceptors (Lipinski definition) is 5. The van der Waals surface area contributed by atoms with Gasteiger partial charge in [0.25, 0.3) is 0 Å². The first-order valence-corrected chi connectivity index (χ1v) is 11.8. The zero-order chi connectivity index (χ0) is 25.7. The highest BCUT2D eigenvalue weighted by molar-refractivity contribution is 6.30. The lowest BCUT2D eigenvalue weighted by molar-refractivity contribution is -0.137. The number of halogens is 1. The molecule has 188 valence electrons. The second kappa shape index (κ2) is 11.3.